The number of ether oxygens (including phenoxy) is 1. The highest BCUT2D eigenvalue weighted by atomic mass is 16.5. The molecule has 20 heavy (non-hydrogen) atoms. The molecule has 2 atom stereocenters. The highest BCUT2D eigenvalue weighted by molar-refractivity contribution is 6.08. The molecule has 0 aromatic heterocycles. The van der Waals surface area contributed by atoms with Gasteiger partial charge in [0.05, 0.1) is 17.7 Å². The molecule has 0 amide bonds. The number of para-hydroxylation sites is 1. The van der Waals surface area contributed by atoms with E-state index in [-0.39, 0.29) is 23.2 Å². The summed E-state index contributed by atoms with van der Waals surface area (Å²) in [6.07, 6.45) is 1.60. The Kier molecular flexibility index (Phi) is 3.24. The highest BCUT2D eigenvalue weighted by Crippen LogP contribution is 2.38. The van der Waals surface area contributed by atoms with Gasteiger partial charge in [0.2, 0.25) is 0 Å². The summed E-state index contributed by atoms with van der Waals surface area (Å²) in [5, 5.41) is 4.33. The van der Waals surface area contributed by atoms with E-state index >= 15 is 0 Å². The van der Waals surface area contributed by atoms with E-state index in [2.05, 4.69) is 24.4 Å². The number of benzene rings is 1. The Morgan fingerprint density at radius 1 is 1.35 bits per heavy atom. The average molecular weight is 272 g/mol. The number of carbonyl (C=O) groups excluding carboxylic acids is 1. The van der Waals surface area contributed by atoms with Crippen molar-refractivity contribution in [3.8, 4) is 5.75 Å². The number of hydrazone groups is 1. The normalized spacial score (nSPS) is 27.5. The zero-order chi connectivity index (χ0) is 14.2. The lowest BCUT2D eigenvalue weighted by Crippen LogP contribution is -2.46. The fraction of sp³-hybridized carbons (Fsp3) is 0.500. The molecule has 2 aliphatic rings. The van der Waals surface area contributed by atoms with Gasteiger partial charge in [0.15, 0.2) is 0 Å². The number of rotatable bonds is 3. The Balaban J connectivity index is 1.66. The molecule has 1 aromatic carbocycles. The van der Waals surface area contributed by atoms with Gasteiger partial charge in [-0.1, -0.05) is 32.0 Å². The van der Waals surface area contributed by atoms with Crippen LogP contribution in [0.25, 0.3) is 0 Å². The molecule has 106 valence electrons. The molecule has 4 nitrogen and oxygen atoms in total. The van der Waals surface area contributed by atoms with Gasteiger partial charge >= 0.3 is 0 Å². The summed E-state index contributed by atoms with van der Waals surface area (Å²) in [7, 11) is 0. The Morgan fingerprint density at radius 2 is 2.10 bits per heavy atom. The second-order valence-corrected chi connectivity index (χ2v) is 6.43. The van der Waals surface area contributed by atoms with Gasteiger partial charge in [-0.2, -0.15) is 5.10 Å². The van der Waals surface area contributed by atoms with Gasteiger partial charge in [0.25, 0.3) is 0 Å². The Bertz CT molecular complexity index is 537. The third kappa shape index (κ3) is 2.55. The van der Waals surface area contributed by atoms with E-state index in [1.807, 2.05) is 30.3 Å². The Morgan fingerprint density at radius 3 is 2.85 bits per heavy atom. The van der Waals surface area contributed by atoms with Crippen molar-refractivity contribution >= 4 is 11.5 Å². The molecule has 1 saturated carbocycles. The van der Waals surface area contributed by atoms with Crippen molar-refractivity contribution in [3.63, 3.8) is 0 Å². The summed E-state index contributed by atoms with van der Waals surface area (Å²) in [6, 6.07) is 9.77. The maximum Gasteiger partial charge on any atom is 0.144 e. The van der Waals surface area contributed by atoms with Crippen molar-refractivity contribution in [1.82, 2.24) is 5.43 Å². The predicted molar refractivity (Wildman–Crippen MR) is 77.8 cm³/mol. The van der Waals surface area contributed by atoms with Gasteiger partial charge in [-0.15, -0.1) is 0 Å². The third-order valence-electron chi connectivity index (χ3n) is 4.04. The van der Waals surface area contributed by atoms with Crippen LogP contribution < -0.4 is 10.2 Å². The largest absolute Gasteiger partial charge is 0.488 e. The third-order valence-corrected chi connectivity index (χ3v) is 4.04. The molecular formula is C16H20N2O2. The van der Waals surface area contributed by atoms with E-state index in [0.717, 1.165) is 17.9 Å². The Hall–Kier alpha value is -1.84. The Labute approximate surface area is 119 Å². The van der Waals surface area contributed by atoms with Gasteiger partial charge in [0, 0.05) is 6.42 Å². The summed E-state index contributed by atoms with van der Waals surface area (Å²) in [5.74, 6) is 0.987. The van der Waals surface area contributed by atoms with Crippen LogP contribution >= 0.6 is 0 Å². The molecule has 1 aliphatic carbocycles. The van der Waals surface area contributed by atoms with Crippen molar-refractivity contribution < 1.29 is 9.53 Å². The van der Waals surface area contributed by atoms with Crippen molar-refractivity contribution in [2.45, 2.75) is 32.7 Å². The van der Waals surface area contributed by atoms with Gasteiger partial charge < -0.3 is 10.2 Å². The molecule has 0 bridgehead atoms. The lowest BCUT2D eigenvalue weighted by atomic mass is 9.69. The first-order valence-electron chi connectivity index (χ1n) is 7.08. The molecule has 4 heteroatoms. The van der Waals surface area contributed by atoms with Crippen molar-refractivity contribution in [3.05, 3.63) is 30.3 Å². The van der Waals surface area contributed by atoms with E-state index in [4.69, 9.17) is 4.74 Å². The zero-order valence-corrected chi connectivity index (χ0v) is 11.9. The summed E-state index contributed by atoms with van der Waals surface area (Å²) < 4.78 is 5.72. The maximum atomic E-state index is 12.3. The van der Waals surface area contributed by atoms with E-state index in [9.17, 15) is 4.79 Å². The lowest BCUT2D eigenvalue weighted by molar-refractivity contribution is -0.126. The first-order chi connectivity index (χ1) is 9.55. The molecule has 1 heterocycles. The van der Waals surface area contributed by atoms with Crippen LogP contribution in [0.5, 0.6) is 5.75 Å². The summed E-state index contributed by atoms with van der Waals surface area (Å²) in [6.45, 7) is 4.66. The number of nitrogens with one attached hydrogen (secondary N) is 1. The summed E-state index contributed by atoms with van der Waals surface area (Å²) in [5.41, 5.74) is 4.02. The van der Waals surface area contributed by atoms with Crippen LogP contribution in [0.4, 0.5) is 0 Å². The lowest BCUT2D eigenvalue weighted by Gasteiger charge is -2.36. The zero-order valence-electron chi connectivity index (χ0n) is 11.9. The number of ketones is 1. The molecule has 1 aliphatic heterocycles. The van der Waals surface area contributed by atoms with Crippen molar-refractivity contribution in [2.24, 2.45) is 16.4 Å². The van der Waals surface area contributed by atoms with E-state index < -0.39 is 0 Å². The van der Waals surface area contributed by atoms with Gasteiger partial charge in [-0.05, 0) is 24.0 Å². The first-order valence-corrected chi connectivity index (χ1v) is 7.08. The van der Waals surface area contributed by atoms with E-state index in [0.29, 0.717) is 13.0 Å². The smallest absolute Gasteiger partial charge is 0.144 e. The van der Waals surface area contributed by atoms with Crippen LogP contribution in [0.1, 0.15) is 26.7 Å². The maximum absolute atomic E-state index is 12.3. The van der Waals surface area contributed by atoms with Crippen LogP contribution in [-0.2, 0) is 4.79 Å². The van der Waals surface area contributed by atoms with Crippen LogP contribution in [0.15, 0.2) is 35.4 Å². The van der Waals surface area contributed by atoms with Crippen LogP contribution in [-0.4, -0.2) is 24.1 Å². The molecule has 0 radical (unpaired) electrons. The minimum atomic E-state index is -0.105. The number of Topliss-reactive ketones (excluding diaryl/α,β-unsaturated/α-hetero) is 1. The number of nitrogens with zero attached hydrogens (tertiary/aromatic N) is 1. The average Bonchev–Trinajstić information content (AvgIpc) is 2.79. The molecular weight excluding hydrogens is 252 g/mol. The van der Waals surface area contributed by atoms with Crippen molar-refractivity contribution in [1.29, 1.82) is 0 Å². The standard InChI is InChI=1S/C16H20N2O2/c1-16(2)8-12-15(14(19)9-16)13(18-17-12)10-20-11-6-4-3-5-7-11/h3-7,12,15,17H,8-10H2,1-2H3. The molecule has 2 unspecified atom stereocenters. The van der Waals surface area contributed by atoms with Crippen molar-refractivity contribution in [2.75, 3.05) is 6.61 Å². The fourth-order valence-electron chi connectivity index (χ4n) is 3.16. The van der Waals surface area contributed by atoms with Gasteiger partial charge in [-0.25, -0.2) is 0 Å². The minimum absolute atomic E-state index is 0.0660. The molecule has 1 N–H and O–H groups in total. The topological polar surface area (TPSA) is 50.7 Å². The summed E-state index contributed by atoms with van der Waals surface area (Å²) in [4.78, 5) is 12.3. The number of hydrogen-bond acceptors (Lipinski definition) is 4. The minimum Gasteiger partial charge on any atom is -0.488 e. The van der Waals surface area contributed by atoms with Gasteiger partial charge in [0.1, 0.15) is 18.1 Å². The predicted octanol–water partition coefficient (Wildman–Crippen LogP) is 2.40. The second-order valence-electron chi connectivity index (χ2n) is 6.43. The van der Waals surface area contributed by atoms with E-state index in [1.54, 1.807) is 0 Å². The second kappa shape index (κ2) is 4.93. The quantitative estimate of drug-likeness (QED) is 0.919. The molecule has 1 fully saturated rings. The SMILES string of the molecule is CC1(C)CC(=O)C2C(COc3ccccc3)=NNC2C1. The highest BCUT2D eigenvalue weighted by Gasteiger charge is 2.45. The molecule has 0 spiro atoms. The number of hydrogen-bond donors (Lipinski definition) is 1. The monoisotopic (exact) mass is 272 g/mol. The van der Waals surface area contributed by atoms with Gasteiger partial charge in [-0.3, -0.25) is 4.79 Å². The molecule has 1 aromatic rings. The fourth-order valence-corrected chi connectivity index (χ4v) is 3.16. The molecule has 3 rings (SSSR count). The molecule has 0 saturated heterocycles. The first kappa shape index (κ1) is 13.2. The van der Waals surface area contributed by atoms with Crippen LogP contribution in [0.3, 0.4) is 0 Å². The van der Waals surface area contributed by atoms with E-state index in [1.165, 1.54) is 0 Å². The number of fused-ring (bicyclic) bond motifs is 1. The summed E-state index contributed by atoms with van der Waals surface area (Å²) >= 11 is 0. The van der Waals surface area contributed by atoms with Crippen LogP contribution in [0.2, 0.25) is 0 Å². The number of carbonyl (C=O) groups is 1. The van der Waals surface area contributed by atoms with Crippen LogP contribution in [0, 0.1) is 11.3 Å².